The number of morpholine rings is 1. The number of ether oxygens (including phenoxy) is 4. The van der Waals surface area contributed by atoms with E-state index in [1.54, 1.807) is 31.2 Å². The average Bonchev–Trinajstić information content (AvgIpc) is 3.50. The highest BCUT2D eigenvalue weighted by Crippen LogP contribution is 2.32. The highest BCUT2D eigenvalue weighted by atomic mass is 32.2. The van der Waals surface area contributed by atoms with Crippen LogP contribution in [0.3, 0.4) is 0 Å². The maximum absolute atomic E-state index is 13.5. The number of carbonyl (C=O) groups is 2. The van der Waals surface area contributed by atoms with Gasteiger partial charge in [-0.3, -0.25) is 9.59 Å². The minimum absolute atomic E-state index is 0.0395. The van der Waals surface area contributed by atoms with Crippen molar-refractivity contribution in [2.75, 3.05) is 39.7 Å². The van der Waals surface area contributed by atoms with Gasteiger partial charge in [0.25, 0.3) is 5.91 Å². The molecule has 3 aromatic carbocycles. The van der Waals surface area contributed by atoms with E-state index in [2.05, 4.69) is 5.32 Å². The normalized spacial score (nSPS) is 15.5. The van der Waals surface area contributed by atoms with Gasteiger partial charge in [0.15, 0.2) is 18.1 Å². The summed E-state index contributed by atoms with van der Waals surface area (Å²) >= 11 is 0. The Kier molecular flexibility index (Phi) is 9.43. The van der Waals surface area contributed by atoms with Gasteiger partial charge in [0.2, 0.25) is 22.7 Å². The summed E-state index contributed by atoms with van der Waals surface area (Å²) in [6.45, 7) is 2.81. The number of rotatable bonds is 11. The van der Waals surface area contributed by atoms with Gasteiger partial charge in [0.05, 0.1) is 18.1 Å². The molecule has 11 nitrogen and oxygen atoms in total. The third-order valence-corrected chi connectivity index (χ3v) is 9.04. The fourth-order valence-corrected chi connectivity index (χ4v) is 6.04. The first-order valence-electron chi connectivity index (χ1n) is 13.7. The third-order valence-electron chi connectivity index (χ3n) is 7.13. The van der Waals surface area contributed by atoms with E-state index in [4.69, 9.17) is 18.9 Å². The predicted molar refractivity (Wildman–Crippen MR) is 152 cm³/mol. The van der Waals surface area contributed by atoms with E-state index in [9.17, 15) is 22.4 Å². The van der Waals surface area contributed by atoms with Gasteiger partial charge in [-0.25, -0.2) is 12.8 Å². The molecule has 228 valence electrons. The van der Waals surface area contributed by atoms with Gasteiger partial charge in [-0.05, 0) is 66.6 Å². The molecule has 3 aromatic rings. The van der Waals surface area contributed by atoms with E-state index in [0.717, 1.165) is 5.56 Å². The first-order valence-corrected chi connectivity index (χ1v) is 15.2. The maximum Gasteiger partial charge on any atom is 0.261 e. The topological polar surface area (TPSA) is 124 Å². The smallest absolute Gasteiger partial charge is 0.261 e. The number of nitrogens with one attached hydrogen (secondary N) is 1. The van der Waals surface area contributed by atoms with Gasteiger partial charge in [0.1, 0.15) is 17.6 Å². The first-order chi connectivity index (χ1) is 20.7. The van der Waals surface area contributed by atoms with Crippen molar-refractivity contribution in [3.8, 4) is 17.2 Å². The van der Waals surface area contributed by atoms with E-state index in [1.807, 2.05) is 6.07 Å². The molecule has 1 unspecified atom stereocenters. The molecule has 5 rings (SSSR count). The van der Waals surface area contributed by atoms with Gasteiger partial charge in [-0.2, -0.15) is 4.31 Å². The van der Waals surface area contributed by atoms with E-state index >= 15 is 0 Å². The maximum atomic E-state index is 13.5. The van der Waals surface area contributed by atoms with E-state index in [1.165, 1.54) is 45.6 Å². The van der Waals surface area contributed by atoms with Crippen LogP contribution in [0.2, 0.25) is 0 Å². The zero-order valence-electron chi connectivity index (χ0n) is 23.5. The minimum atomic E-state index is -3.67. The molecule has 0 aliphatic carbocycles. The van der Waals surface area contributed by atoms with Crippen molar-refractivity contribution in [3.05, 3.63) is 83.7 Å². The van der Waals surface area contributed by atoms with Crippen molar-refractivity contribution in [3.63, 3.8) is 0 Å². The van der Waals surface area contributed by atoms with Crippen LogP contribution >= 0.6 is 0 Å². The van der Waals surface area contributed by atoms with Crippen molar-refractivity contribution in [1.82, 2.24) is 14.5 Å². The van der Waals surface area contributed by atoms with Crippen molar-refractivity contribution in [1.29, 1.82) is 0 Å². The van der Waals surface area contributed by atoms with Gasteiger partial charge in [-0.1, -0.05) is 18.2 Å². The molecule has 1 saturated heterocycles. The van der Waals surface area contributed by atoms with Crippen LogP contribution in [0, 0.1) is 5.82 Å². The Morgan fingerprint density at radius 2 is 1.65 bits per heavy atom. The predicted octanol–water partition coefficient (Wildman–Crippen LogP) is 2.69. The first kappa shape index (κ1) is 30.3. The number of benzene rings is 3. The monoisotopic (exact) mass is 613 g/mol. The molecule has 2 heterocycles. The zero-order chi connectivity index (χ0) is 30.4. The largest absolute Gasteiger partial charge is 0.484 e. The highest BCUT2D eigenvalue weighted by Gasteiger charge is 2.28. The van der Waals surface area contributed by atoms with Crippen molar-refractivity contribution < 1.29 is 41.3 Å². The minimum Gasteiger partial charge on any atom is -0.484 e. The lowest BCUT2D eigenvalue weighted by Crippen LogP contribution is -2.48. The van der Waals surface area contributed by atoms with Crippen LogP contribution in [-0.4, -0.2) is 75.2 Å². The molecule has 1 atom stereocenters. The molecule has 0 bridgehead atoms. The van der Waals surface area contributed by atoms with Crippen LogP contribution in [0.4, 0.5) is 4.39 Å². The lowest BCUT2D eigenvalue weighted by atomic mass is 10.1. The fraction of sp³-hybridized carbons (Fsp3) is 0.333. The number of fused-ring (bicyclic) bond motifs is 1. The van der Waals surface area contributed by atoms with Crippen molar-refractivity contribution in [2.24, 2.45) is 0 Å². The van der Waals surface area contributed by atoms with Crippen LogP contribution in [0.25, 0.3) is 0 Å². The number of halogens is 1. The highest BCUT2D eigenvalue weighted by molar-refractivity contribution is 7.89. The van der Waals surface area contributed by atoms with E-state index in [0.29, 0.717) is 30.3 Å². The average molecular weight is 614 g/mol. The Bertz CT molecular complexity index is 1540. The summed E-state index contributed by atoms with van der Waals surface area (Å²) in [7, 11) is -3.67. The molecule has 13 heteroatoms. The SMILES string of the molecule is CC(C(=O)NCc1ccc2c(c1)OCO2)N(Cc1ccc(F)cc1)C(=O)COc1ccc(S(=O)(=O)N2CCOCC2)cc1. The quantitative estimate of drug-likeness (QED) is 0.350. The second kappa shape index (κ2) is 13.4. The summed E-state index contributed by atoms with van der Waals surface area (Å²) in [6, 6.07) is 15.9. The third kappa shape index (κ3) is 7.42. The summed E-state index contributed by atoms with van der Waals surface area (Å²) in [5.74, 6) is 0.213. The van der Waals surface area contributed by atoms with Gasteiger partial charge in [0, 0.05) is 26.2 Å². The molecule has 1 N–H and O–H groups in total. The van der Waals surface area contributed by atoms with Gasteiger partial charge < -0.3 is 29.2 Å². The number of sulfonamides is 1. The Balaban J connectivity index is 1.23. The van der Waals surface area contributed by atoms with Crippen LogP contribution in [-0.2, 0) is 37.4 Å². The summed E-state index contributed by atoms with van der Waals surface area (Å²) < 4.78 is 62.2. The Labute approximate surface area is 249 Å². The second-order valence-corrected chi connectivity index (χ2v) is 11.9. The Morgan fingerprint density at radius 3 is 2.37 bits per heavy atom. The van der Waals surface area contributed by atoms with Crippen molar-refractivity contribution >= 4 is 21.8 Å². The number of hydrogen-bond acceptors (Lipinski definition) is 8. The number of amides is 2. The number of carbonyl (C=O) groups excluding carboxylic acids is 2. The molecule has 2 aliphatic rings. The molecule has 0 spiro atoms. The molecule has 43 heavy (non-hydrogen) atoms. The van der Waals surface area contributed by atoms with Crippen LogP contribution in [0.15, 0.2) is 71.6 Å². The van der Waals surface area contributed by atoms with Crippen LogP contribution in [0.1, 0.15) is 18.1 Å². The molecule has 2 amide bonds. The summed E-state index contributed by atoms with van der Waals surface area (Å²) in [5.41, 5.74) is 1.42. The standard InChI is InChI=1S/C30H32FN3O8S/c1-21(30(36)32-17-23-4-11-27-28(16-23)42-20-41-27)34(18-22-2-5-24(31)6-3-22)29(35)19-40-25-7-9-26(10-8-25)43(37,38)33-12-14-39-15-13-33/h2-11,16,21H,12-15,17-20H2,1H3,(H,32,36). The van der Waals surface area contributed by atoms with Crippen LogP contribution in [0.5, 0.6) is 17.2 Å². The molecular formula is C30H32FN3O8S. The summed E-state index contributed by atoms with van der Waals surface area (Å²) in [5, 5.41) is 2.84. The van der Waals surface area contributed by atoms with E-state index in [-0.39, 0.29) is 43.6 Å². The van der Waals surface area contributed by atoms with Gasteiger partial charge in [-0.15, -0.1) is 0 Å². The summed E-state index contributed by atoms with van der Waals surface area (Å²) in [4.78, 5) is 28.0. The van der Waals surface area contributed by atoms with E-state index < -0.39 is 40.3 Å². The zero-order valence-corrected chi connectivity index (χ0v) is 24.3. The molecule has 0 radical (unpaired) electrons. The van der Waals surface area contributed by atoms with Gasteiger partial charge >= 0.3 is 0 Å². The molecule has 2 aliphatic heterocycles. The number of nitrogens with zero attached hydrogens (tertiary/aromatic N) is 2. The Hall–Kier alpha value is -4.20. The molecular weight excluding hydrogens is 581 g/mol. The van der Waals surface area contributed by atoms with Crippen LogP contribution < -0.4 is 19.5 Å². The number of hydrogen-bond donors (Lipinski definition) is 1. The Morgan fingerprint density at radius 1 is 0.977 bits per heavy atom. The molecule has 0 saturated carbocycles. The second-order valence-electron chi connectivity index (χ2n) is 10.0. The molecule has 1 fully saturated rings. The fourth-order valence-electron chi connectivity index (χ4n) is 4.63. The lowest BCUT2D eigenvalue weighted by Gasteiger charge is -2.29. The summed E-state index contributed by atoms with van der Waals surface area (Å²) in [6.07, 6.45) is 0. The lowest BCUT2D eigenvalue weighted by molar-refractivity contribution is -0.142. The molecule has 0 aromatic heterocycles. The van der Waals surface area contributed by atoms with Crippen molar-refractivity contribution in [2.45, 2.75) is 31.0 Å².